The van der Waals surface area contributed by atoms with E-state index < -0.39 is 0 Å². The van der Waals surface area contributed by atoms with Crippen LogP contribution in [0.3, 0.4) is 0 Å². The van der Waals surface area contributed by atoms with Crippen molar-refractivity contribution in [3.8, 4) is 22.4 Å². The molecular weight excluding hydrogens is 435 g/mol. The number of hydrogen-bond acceptors (Lipinski definition) is 3. The summed E-state index contributed by atoms with van der Waals surface area (Å²) in [5, 5.41) is 0. The average molecular weight is 461 g/mol. The molecule has 2 fully saturated rings. The zero-order valence-electron chi connectivity index (χ0n) is 19.3. The number of piperazine rings is 1. The summed E-state index contributed by atoms with van der Waals surface area (Å²) < 4.78 is 13.3. The fraction of sp³-hybridized carbons (Fsp3) is 0.200. The van der Waals surface area contributed by atoms with E-state index in [2.05, 4.69) is 56.0 Å². The average Bonchev–Trinajstić information content (AvgIpc) is 3.51. The summed E-state index contributed by atoms with van der Waals surface area (Å²) in [5.41, 5.74) is 6.93. The largest absolute Gasteiger partial charge is 0.366 e. The normalized spacial score (nSPS) is 19.1. The lowest BCUT2D eigenvalue weighted by molar-refractivity contribution is 0.230. The number of pyridine rings is 1. The van der Waals surface area contributed by atoms with E-state index in [1.807, 2.05) is 36.4 Å². The highest BCUT2D eigenvalue weighted by Gasteiger charge is 2.43. The molecule has 2 saturated heterocycles. The van der Waals surface area contributed by atoms with Gasteiger partial charge in [0, 0.05) is 49.2 Å². The van der Waals surface area contributed by atoms with E-state index in [0.29, 0.717) is 17.8 Å². The summed E-state index contributed by atoms with van der Waals surface area (Å²) in [5.74, 6) is -0.184. The van der Waals surface area contributed by atoms with Crippen LogP contribution in [0.25, 0.3) is 27.2 Å². The molecule has 3 heterocycles. The van der Waals surface area contributed by atoms with Gasteiger partial charge >= 0.3 is 0 Å². The summed E-state index contributed by atoms with van der Waals surface area (Å²) in [6.07, 6.45) is 2.81. The van der Waals surface area contributed by atoms with Gasteiger partial charge in [0.2, 0.25) is 5.69 Å². The summed E-state index contributed by atoms with van der Waals surface area (Å²) in [6.45, 7) is 10.3. The van der Waals surface area contributed by atoms with Gasteiger partial charge in [-0.2, -0.15) is 0 Å². The van der Waals surface area contributed by atoms with Gasteiger partial charge in [-0.15, -0.1) is 0 Å². The first-order valence-corrected chi connectivity index (χ1v) is 12.0. The molecule has 35 heavy (non-hydrogen) atoms. The maximum Gasteiger partial charge on any atom is 0.205 e. The standard InChI is InChI=1S/C30H25FN4/c1-32-25-15-29(22-5-3-2-4-6-22)30(33-17-25)23-9-7-21(8-10-23)18-34-19-28-16-27(34)20-35(28)26-13-11-24(31)12-14-26/h2-15,17,27-28H,16,18-20H2. The third-order valence-electron chi connectivity index (χ3n) is 7.21. The van der Waals surface area contributed by atoms with Gasteiger partial charge in [-0.1, -0.05) is 54.6 Å². The Kier molecular flexibility index (Phi) is 5.52. The van der Waals surface area contributed by atoms with Crippen LogP contribution in [0.1, 0.15) is 12.0 Å². The molecule has 2 atom stereocenters. The van der Waals surface area contributed by atoms with Crippen molar-refractivity contribution >= 4 is 11.4 Å². The van der Waals surface area contributed by atoms with Crippen molar-refractivity contribution in [2.24, 2.45) is 0 Å². The second kappa shape index (κ2) is 8.98. The van der Waals surface area contributed by atoms with E-state index in [0.717, 1.165) is 54.1 Å². The highest BCUT2D eigenvalue weighted by atomic mass is 19.1. The van der Waals surface area contributed by atoms with Crippen molar-refractivity contribution in [1.82, 2.24) is 9.88 Å². The maximum absolute atomic E-state index is 13.3. The van der Waals surface area contributed by atoms with Gasteiger partial charge in [0.05, 0.1) is 12.3 Å². The summed E-state index contributed by atoms with van der Waals surface area (Å²) in [6, 6.07) is 28.6. The lowest BCUT2D eigenvalue weighted by Crippen LogP contribution is -2.46. The third kappa shape index (κ3) is 4.18. The molecule has 0 amide bonds. The lowest BCUT2D eigenvalue weighted by Gasteiger charge is -2.35. The fourth-order valence-corrected chi connectivity index (χ4v) is 5.48. The smallest absolute Gasteiger partial charge is 0.205 e. The molecule has 0 radical (unpaired) electrons. The fourth-order valence-electron chi connectivity index (χ4n) is 5.48. The Balaban J connectivity index is 1.18. The van der Waals surface area contributed by atoms with E-state index in [-0.39, 0.29) is 5.82 Å². The van der Waals surface area contributed by atoms with Crippen LogP contribution in [-0.4, -0.2) is 35.1 Å². The van der Waals surface area contributed by atoms with Gasteiger partial charge in [0.25, 0.3) is 0 Å². The number of hydrogen-bond donors (Lipinski definition) is 0. The van der Waals surface area contributed by atoms with Crippen LogP contribution in [0.2, 0.25) is 0 Å². The van der Waals surface area contributed by atoms with Gasteiger partial charge in [-0.3, -0.25) is 9.88 Å². The first-order chi connectivity index (χ1) is 17.2. The van der Waals surface area contributed by atoms with E-state index in [4.69, 9.17) is 6.57 Å². The molecule has 0 saturated carbocycles. The van der Waals surface area contributed by atoms with E-state index in [1.54, 1.807) is 18.3 Å². The lowest BCUT2D eigenvalue weighted by atomic mass is 9.98. The predicted octanol–water partition coefficient (Wildman–Crippen LogP) is 6.57. The van der Waals surface area contributed by atoms with Gasteiger partial charge in [-0.25, -0.2) is 9.24 Å². The minimum atomic E-state index is -0.184. The zero-order chi connectivity index (χ0) is 23.8. The summed E-state index contributed by atoms with van der Waals surface area (Å²) >= 11 is 0. The zero-order valence-corrected chi connectivity index (χ0v) is 19.3. The molecule has 172 valence electrons. The highest BCUT2D eigenvalue weighted by Crippen LogP contribution is 2.36. The third-order valence-corrected chi connectivity index (χ3v) is 7.21. The molecule has 0 N–H and O–H groups in total. The van der Waals surface area contributed by atoms with Gasteiger partial charge < -0.3 is 4.90 Å². The molecule has 2 unspecified atom stereocenters. The monoisotopic (exact) mass is 460 g/mol. The number of fused-ring (bicyclic) bond motifs is 2. The molecule has 2 aliphatic heterocycles. The molecule has 4 aromatic rings. The van der Waals surface area contributed by atoms with Crippen LogP contribution < -0.4 is 4.90 Å². The minimum Gasteiger partial charge on any atom is -0.366 e. The molecule has 0 spiro atoms. The summed E-state index contributed by atoms with van der Waals surface area (Å²) in [7, 11) is 0. The first kappa shape index (κ1) is 21.5. The summed E-state index contributed by atoms with van der Waals surface area (Å²) in [4.78, 5) is 13.2. The van der Waals surface area contributed by atoms with Gasteiger partial charge in [-0.05, 0) is 53.4 Å². The number of anilines is 1. The Morgan fingerprint density at radius 1 is 0.886 bits per heavy atom. The van der Waals surface area contributed by atoms with Gasteiger partial charge in [0.15, 0.2) is 0 Å². The molecule has 0 aliphatic carbocycles. The second-order valence-corrected chi connectivity index (χ2v) is 9.37. The molecule has 6 rings (SSSR count). The van der Waals surface area contributed by atoms with Crippen LogP contribution >= 0.6 is 0 Å². The van der Waals surface area contributed by atoms with Crippen LogP contribution in [0.4, 0.5) is 15.8 Å². The molecule has 1 aromatic heterocycles. The Morgan fingerprint density at radius 2 is 1.66 bits per heavy atom. The van der Waals surface area contributed by atoms with Gasteiger partial charge in [0.1, 0.15) is 5.82 Å². The van der Waals surface area contributed by atoms with Crippen LogP contribution in [0, 0.1) is 12.4 Å². The number of halogens is 1. The molecule has 4 nitrogen and oxygen atoms in total. The Labute approximate surface area is 205 Å². The number of likely N-dealkylation sites (tertiary alicyclic amines) is 1. The second-order valence-electron chi connectivity index (χ2n) is 9.37. The van der Waals surface area contributed by atoms with Crippen molar-refractivity contribution in [2.45, 2.75) is 25.0 Å². The quantitative estimate of drug-likeness (QED) is 0.315. The number of aromatic nitrogens is 1. The highest BCUT2D eigenvalue weighted by molar-refractivity contribution is 5.83. The molecular formula is C30H25FN4. The predicted molar refractivity (Wildman–Crippen MR) is 138 cm³/mol. The number of nitrogens with zero attached hydrogens (tertiary/aromatic N) is 4. The van der Waals surface area contributed by atoms with Crippen LogP contribution in [0.5, 0.6) is 0 Å². The Hall–Kier alpha value is -4.01. The molecule has 3 aromatic carbocycles. The Morgan fingerprint density at radius 3 is 2.34 bits per heavy atom. The van der Waals surface area contributed by atoms with E-state index in [1.165, 1.54) is 5.56 Å². The minimum absolute atomic E-state index is 0.184. The Bertz CT molecular complexity index is 1380. The molecule has 2 bridgehead atoms. The topological polar surface area (TPSA) is 23.7 Å². The molecule has 5 heteroatoms. The van der Waals surface area contributed by atoms with Crippen LogP contribution in [0.15, 0.2) is 91.1 Å². The van der Waals surface area contributed by atoms with Crippen molar-refractivity contribution < 1.29 is 4.39 Å². The van der Waals surface area contributed by atoms with Crippen molar-refractivity contribution in [2.75, 3.05) is 18.0 Å². The van der Waals surface area contributed by atoms with Crippen molar-refractivity contribution in [1.29, 1.82) is 0 Å². The van der Waals surface area contributed by atoms with Crippen molar-refractivity contribution in [3.63, 3.8) is 0 Å². The van der Waals surface area contributed by atoms with Crippen LogP contribution in [-0.2, 0) is 6.54 Å². The number of rotatable bonds is 5. The van der Waals surface area contributed by atoms with E-state index >= 15 is 0 Å². The maximum atomic E-state index is 13.3. The number of benzene rings is 3. The first-order valence-electron chi connectivity index (χ1n) is 12.0. The van der Waals surface area contributed by atoms with Crippen molar-refractivity contribution in [3.05, 3.63) is 114 Å². The van der Waals surface area contributed by atoms with E-state index in [9.17, 15) is 4.39 Å². The SMILES string of the molecule is [C-]#[N+]c1cnc(-c2ccc(CN3CC4CC3CN4c3ccc(F)cc3)cc2)c(-c2ccccc2)c1. The molecule has 2 aliphatic rings.